The van der Waals surface area contributed by atoms with E-state index in [2.05, 4.69) is 35.8 Å². The maximum Gasteiger partial charge on any atom is 0.0960 e. The van der Waals surface area contributed by atoms with Gasteiger partial charge in [0.2, 0.25) is 0 Å². The zero-order chi connectivity index (χ0) is 27.2. The van der Waals surface area contributed by atoms with Crippen molar-refractivity contribution in [1.29, 1.82) is 0 Å². The minimum atomic E-state index is -0.988. The highest BCUT2D eigenvalue weighted by molar-refractivity contribution is 6.06. The number of ether oxygens (including phenoxy) is 1. The van der Waals surface area contributed by atoms with Crippen molar-refractivity contribution in [3.05, 3.63) is 76.9 Å². The molecule has 4 heterocycles. The van der Waals surface area contributed by atoms with Crippen LogP contribution in [0.4, 0.5) is 0 Å². The minimum Gasteiger partial charge on any atom is -0.401 e. The van der Waals surface area contributed by atoms with E-state index in [1.165, 1.54) is 5.01 Å². The lowest BCUT2D eigenvalue weighted by atomic mass is 9.87. The van der Waals surface area contributed by atoms with Crippen LogP contribution in [0.1, 0.15) is 62.0 Å². The molecule has 200 valence electrons. The maximum atomic E-state index is 10.9. The third kappa shape index (κ3) is 4.64. The molecule has 1 aromatic carbocycles. The van der Waals surface area contributed by atoms with Crippen molar-refractivity contribution in [3.8, 4) is 0 Å². The van der Waals surface area contributed by atoms with Crippen LogP contribution in [0.5, 0.6) is 0 Å². The van der Waals surface area contributed by atoms with E-state index in [1.807, 2.05) is 45.3 Å². The number of rotatable bonds is 6. The molecule has 8 heteroatoms. The smallest absolute Gasteiger partial charge is 0.0960 e. The molecule has 3 aromatic heterocycles. The van der Waals surface area contributed by atoms with Gasteiger partial charge in [0.05, 0.1) is 39.6 Å². The summed E-state index contributed by atoms with van der Waals surface area (Å²) in [4.78, 5) is 9.87. The molecule has 5 N–H and O–H groups in total. The molecule has 1 unspecified atom stereocenters. The van der Waals surface area contributed by atoms with Crippen molar-refractivity contribution in [2.75, 3.05) is 20.3 Å². The topological polar surface area (TPSA) is 115 Å². The SMILES string of the molecule is C/C(N)=C(\c1cnc2c3ccc(C(C)(C)O)cc3n(C(c3ncccc3C)C3CCOCC3)c2c1)N(C)N. The number of allylic oxidation sites excluding steroid dienone is 1. The fourth-order valence-electron chi connectivity index (χ4n) is 5.82. The summed E-state index contributed by atoms with van der Waals surface area (Å²) in [5.74, 6) is 6.51. The van der Waals surface area contributed by atoms with Crippen molar-refractivity contribution in [3.63, 3.8) is 0 Å². The molecule has 1 saturated heterocycles. The van der Waals surface area contributed by atoms with E-state index in [4.69, 9.17) is 26.3 Å². The Hall–Kier alpha value is -3.46. The number of pyridine rings is 2. The van der Waals surface area contributed by atoms with Gasteiger partial charge in [0.1, 0.15) is 0 Å². The first-order valence-corrected chi connectivity index (χ1v) is 13.2. The maximum absolute atomic E-state index is 10.9. The molecule has 0 amide bonds. The Labute approximate surface area is 223 Å². The van der Waals surface area contributed by atoms with Crippen molar-refractivity contribution >= 4 is 27.6 Å². The number of aliphatic hydroxyl groups is 1. The van der Waals surface area contributed by atoms with Crippen LogP contribution in [0.25, 0.3) is 27.6 Å². The molecule has 0 aliphatic carbocycles. The highest BCUT2D eigenvalue weighted by Gasteiger charge is 2.32. The second kappa shape index (κ2) is 10.0. The lowest BCUT2D eigenvalue weighted by molar-refractivity contribution is 0.0547. The molecule has 1 fully saturated rings. The number of benzene rings is 1. The summed E-state index contributed by atoms with van der Waals surface area (Å²) in [6, 6.07) is 12.3. The van der Waals surface area contributed by atoms with Gasteiger partial charge in [0, 0.05) is 49.3 Å². The van der Waals surface area contributed by atoms with Gasteiger partial charge in [-0.1, -0.05) is 18.2 Å². The zero-order valence-electron chi connectivity index (χ0n) is 22.9. The van der Waals surface area contributed by atoms with Crippen molar-refractivity contribution in [1.82, 2.24) is 19.5 Å². The number of aromatic nitrogens is 3. The third-order valence-corrected chi connectivity index (χ3v) is 7.67. The fraction of sp³-hybridized carbons (Fsp3) is 0.400. The van der Waals surface area contributed by atoms with Gasteiger partial charge in [-0.05, 0) is 75.8 Å². The van der Waals surface area contributed by atoms with Gasteiger partial charge < -0.3 is 25.2 Å². The molecule has 8 nitrogen and oxygen atoms in total. The predicted octanol–water partition coefficient (Wildman–Crippen LogP) is 4.59. The van der Waals surface area contributed by atoms with Gasteiger partial charge in [-0.3, -0.25) is 9.97 Å². The van der Waals surface area contributed by atoms with Gasteiger partial charge in [-0.15, -0.1) is 0 Å². The number of hydrazine groups is 1. The normalized spacial score (nSPS) is 16.6. The van der Waals surface area contributed by atoms with Crippen LogP contribution in [0, 0.1) is 12.8 Å². The van der Waals surface area contributed by atoms with Crippen LogP contribution in [0.15, 0.2) is 54.5 Å². The van der Waals surface area contributed by atoms with Crippen LogP contribution >= 0.6 is 0 Å². The van der Waals surface area contributed by atoms with E-state index in [0.29, 0.717) is 11.6 Å². The lowest BCUT2D eigenvalue weighted by Gasteiger charge is -2.33. The first-order chi connectivity index (χ1) is 18.1. The standard InChI is InChI=1S/C30H38N6O2/c1-18-7-6-12-33-26(18)29(20-10-13-38-14-11-20)36-24-16-22(30(3,4)37)8-9-23(24)27-25(36)15-21(17-34-27)28(19(2)31)35(5)32/h6-9,12,15-17,20,29,37H,10-11,13-14,31-32H2,1-5H3/b28-19-. The molecule has 5 rings (SSSR count). The van der Waals surface area contributed by atoms with Crippen LogP contribution in [-0.4, -0.2) is 44.9 Å². The summed E-state index contributed by atoms with van der Waals surface area (Å²) in [6.07, 6.45) is 5.56. The molecule has 1 aliphatic heterocycles. The Morgan fingerprint density at radius 2 is 1.89 bits per heavy atom. The first kappa shape index (κ1) is 26.2. The summed E-state index contributed by atoms with van der Waals surface area (Å²) in [7, 11) is 1.78. The largest absolute Gasteiger partial charge is 0.401 e. The molecule has 0 saturated carbocycles. The van der Waals surface area contributed by atoms with E-state index < -0.39 is 5.60 Å². The van der Waals surface area contributed by atoms with Crippen LogP contribution in [0.2, 0.25) is 0 Å². The highest BCUT2D eigenvalue weighted by atomic mass is 16.5. The monoisotopic (exact) mass is 514 g/mol. The van der Waals surface area contributed by atoms with Gasteiger partial charge >= 0.3 is 0 Å². The van der Waals surface area contributed by atoms with E-state index in [-0.39, 0.29) is 6.04 Å². The molecular weight excluding hydrogens is 476 g/mol. The summed E-state index contributed by atoms with van der Waals surface area (Å²) < 4.78 is 8.14. The molecule has 1 aliphatic rings. The van der Waals surface area contributed by atoms with Crippen molar-refractivity contribution in [2.24, 2.45) is 17.5 Å². The molecule has 0 bridgehead atoms. The van der Waals surface area contributed by atoms with Crippen molar-refractivity contribution < 1.29 is 9.84 Å². The quantitative estimate of drug-likeness (QED) is 0.255. The molecule has 38 heavy (non-hydrogen) atoms. The Morgan fingerprint density at radius 1 is 1.16 bits per heavy atom. The van der Waals surface area contributed by atoms with E-state index in [9.17, 15) is 5.11 Å². The number of nitrogens with two attached hydrogens (primary N) is 2. The Kier molecular flexibility index (Phi) is 6.90. The summed E-state index contributed by atoms with van der Waals surface area (Å²) in [5.41, 5.74) is 13.4. The highest BCUT2D eigenvalue weighted by Crippen LogP contribution is 2.42. The van der Waals surface area contributed by atoms with Crippen LogP contribution in [0.3, 0.4) is 0 Å². The second-order valence-corrected chi connectivity index (χ2v) is 11.0. The van der Waals surface area contributed by atoms with Gasteiger partial charge in [-0.2, -0.15) is 0 Å². The van der Waals surface area contributed by atoms with E-state index in [1.54, 1.807) is 7.05 Å². The average Bonchev–Trinajstić information content (AvgIpc) is 3.18. The Bertz CT molecular complexity index is 1500. The molecule has 0 radical (unpaired) electrons. The van der Waals surface area contributed by atoms with Gasteiger partial charge in [0.25, 0.3) is 0 Å². The number of nitrogens with zero attached hydrogens (tertiary/aromatic N) is 4. The fourth-order valence-corrected chi connectivity index (χ4v) is 5.82. The number of fused-ring (bicyclic) bond motifs is 3. The lowest BCUT2D eigenvalue weighted by Crippen LogP contribution is -2.28. The Balaban J connectivity index is 1.89. The zero-order valence-corrected chi connectivity index (χ0v) is 22.9. The molecular formula is C30H38N6O2. The molecule has 4 aromatic rings. The number of aryl methyl sites for hydroxylation is 1. The summed E-state index contributed by atoms with van der Waals surface area (Å²) in [5, 5.41) is 13.5. The summed E-state index contributed by atoms with van der Waals surface area (Å²) >= 11 is 0. The van der Waals surface area contributed by atoms with Gasteiger partial charge in [-0.25, -0.2) is 5.84 Å². The van der Waals surface area contributed by atoms with Crippen molar-refractivity contribution in [2.45, 2.75) is 52.2 Å². The average molecular weight is 515 g/mol. The van der Waals surface area contributed by atoms with Crippen LogP contribution in [-0.2, 0) is 10.3 Å². The predicted molar refractivity (Wildman–Crippen MR) is 152 cm³/mol. The summed E-state index contributed by atoms with van der Waals surface area (Å²) in [6.45, 7) is 9.04. The number of hydrogen-bond donors (Lipinski definition) is 3. The third-order valence-electron chi connectivity index (χ3n) is 7.67. The number of hydrogen-bond acceptors (Lipinski definition) is 7. The van der Waals surface area contributed by atoms with E-state index in [0.717, 1.165) is 76.1 Å². The van der Waals surface area contributed by atoms with Crippen LogP contribution < -0.4 is 11.6 Å². The minimum absolute atomic E-state index is 0.0452. The molecule has 1 atom stereocenters. The molecule has 0 spiro atoms. The van der Waals surface area contributed by atoms with Gasteiger partial charge in [0.15, 0.2) is 0 Å². The Morgan fingerprint density at radius 3 is 2.53 bits per heavy atom. The first-order valence-electron chi connectivity index (χ1n) is 13.2. The second-order valence-electron chi connectivity index (χ2n) is 11.0. The van der Waals surface area contributed by atoms with E-state index >= 15 is 0 Å².